The number of likely N-dealkylation sites (tertiary alicyclic amines) is 1. The van der Waals surface area contributed by atoms with Crippen LogP contribution in [0.4, 0.5) is 0 Å². The van der Waals surface area contributed by atoms with Crippen molar-refractivity contribution in [2.24, 2.45) is 0 Å². The van der Waals surface area contributed by atoms with E-state index in [1.54, 1.807) is 0 Å². The Morgan fingerprint density at radius 3 is 2.71 bits per heavy atom. The summed E-state index contributed by atoms with van der Waals surface area (Å²) in [4.78, 5) is 2.27. The van der Waals surface area contributed by atoms with Crippen molar-refractivity contribution in [3.63, 3.8) is 0 Å². The molecule has 1 N–H and O–H groups in total. The minimum atomic E-state index is -0.122. The van der Waals surface area contributed by atoms with Crippen molar-refractivity contribution in [3.05, 3.63) is 0 Å². The molecule has 2 rings (SSSR count). The van der Waals surface area contributed by atoms with E-state index in [9.17, 15) is 5.11 Å². The molecule has 2 saturated heterocycles. The molecule has 4 heteroatoms. The molecule has 2 aliphatic rings. The quantitative estimate of drug-likeness (QED) is 0.708. The van der Waals surface area contributed by atoms with Crippen LogP contribution in [-0.4, -0.2) is 55.2 Å². The fourth-order valence-corrected chi connectivity index (χ4v) is 2.01. The molecule has 4 nitrogen and oxygen atoms in total. The first-order chi connectivity index (χ1) is 6.84. The summed E-state index contributed by atoms with van der Waals surface area (Å²) in [5.41, 5.74) is 0. The van der Waals surface area contributed by atoms with E-state index in [1.165, 1.54) is 0 Å². The van der Waals surface area contributed by atoms with Crippen molar-refractivity contribution in [2.75, 3.05) is 32.8 Å². The van der Waals surface area contributed by atoms with Gasteiger partial charge in [-0.3, -0.25) is 0 Å². The van der Waals surface area contributed by atoms with Crippen LogP contribution in [-0.2, 0) is 9.47 Å². The molecule has 14 heavy (non-hydrogen) atoms. The van der Waals surface area contributed by atoms with Gasteiger partial charge >= 0.3 is 0 Å². The van der Waals surface area contributed by atoms with Gasteiger partial charge in [-0.2, -0.15) is 0 Å². The van der Waals surface area contributed by atoms with Gasteiger partial charge in [0.15, 0.2) is 6.29 Å². The highest BCUT2D eigenvalue weighted by Gasteiger charge is 2.21. The zero-order valence-corrected chi connectivity index (χ0v) is 8.52. The Morgan fingerprint density at radius 1 is 1.29 bits per heavy atom. The number of aliphatic hydroxyl groups is 1. The van der Waals surface area contributed by atoms with Crippen molar-refractivity contribution in [1.82, 2.24) is 4.90 Å². The third-order valence-corrected chi connectivity index (χ3v) is 2.82. The summed E-state index contributed by atoms with van der Waals surface area (Å²) in [5.74, 6) is 0. The Balaban J connectivity index is 1.61. The molecule has 1 unspecified atom stereocenters. The summed E-state index contributed by atoms with van der Waals surface area (Å²) >= 11 is 0. The SMILES string of the molecule is OC1CCN(CCC2OCCCO2)C1. The molecule has 0 spiro atoms. The second kappa shape index (κ2) is 5.07. The van der Waals surface area contributed by atoms with Crippen molar-refractivity contribution in [1.29, 1.82) is 0 Å². The molecule has 2 fully saturated rings. The lowest BCUT2D eigenvalue weighted by Gasteiger charge is -2.25. The van der Waals surface area contributed by atoms with Crippen molar-refractivity contribution >= 4 is 0 Å². The summed E-state index contributed by atoms with van der Waals surface area (Å²) in [6.45, 7) is 4.45. The fraction of sp³-hybridized carbons (Fsp3) is 1.00. The third-order valence-electron chi connectivity index (χ3n) is 2.82. The number of hydrogen-bond donors (Lipinski definition) is 1. The van der Waals surface area contributed by atoms with Gasteiger partial charge in [-0.1, -0.05) is 0 Å². The molecule has 0 bridgehead atoms. The zero-order chi connectivity index (χ0) is 9.80. The van der Waals surface area contributed by atoms with Gasteiger partial charge in [0.2, 0.25) is 0 Å². The normalized spacial score (nSPS) is 31.1. The minimum absolute atomic E-state index is 0.0125. The number of β-amino-alcohol motifs (C(OH)–C–C–N with tert-alkyl or cyclic N) is 1. The van der Waals surface area contributed by atoms with E-state index in [-0.39, 0.29) is 12.4 Å². The van der Waals surface area contributed by atoms with Gasteiger partial charge in [0, 0.05) is 26.1 Å². The predicted octanol–water partition coefficient (Wildman–Crippen LogP) is 0.206. The lowest BCUT2D eigenvalue weighted by molar-refractivity contribution is -0.182. The van der Waals surface area contributed by atoms with Crippen LogP contribution >= 0.6 is 0 Å². The van der Waals surface area contributed by atoms with Gasteiger partial charge in [-0.05, 0) is 12.8 Å². The molecule has 82 valence electrons. The van der Waals surface area contributed by atoms with Crippen molar-refractivity contribution in [3.8, 4) is 0 Å². The van der Waals surface area contributed by atoms with Crippen LogP contribution in [0.5, 0.6) is 0 Å². The zero-order valence-electron chi connectivity index (χ0n) is 8.52. The Bertz CT molecular complexity index is 166. The van der Waals surface area contributed by atoms with Gasteiger partial charge in [0.05, 0.1) is 19.3 Å². The smallest absolute Gasteiger partial charge is 0.158 e. The Kier molecular flexibility index (Phi) is 3.75. The van der Waals surface area contributed by atoms with Crippen LogP contribution in [0.1, 0.15) is 19.3 Å². The average molecular weight is 201 g/mol. The predicted molar refractivity (Wildman–Crippen MR) is 52.0 cm³/mol. The van der Waals surface area contributed by atoms with Crippen LogP contribution in [0, 0.1) is 0 Å². The number of nitrogens with zero attached hydrogens (tertiary/aromatic N) is 1. The fourth-order valence-electron chi connectivity index (χ4n) is 2.01. The maximum Gasteiger partial charge on any atom is 0.158 e. The number of ether oxygens (including phenoxy) is 2. The van der Waals surface area contributed by atoms with Crippen molar-refractivity contribution < 1.29 is 14.6 Å². The van der Waals surface area contributed by atoms with Crippen LogP contribution in [0.25, 0.3) is 0 Å². The first kappa shape index (κ1) is 10.4. The molecule has 0 saturated carbocycles. The van der Waals surface area contributed by atoms with Gasteiger partial charge in [0.25, 0.3) is 0 Å². The highest BCUT2D eigenvalue weighted by molar-refractivity contribution is 4.74. The van der Waals surface area contributed by atoms with E-state index in [1.807, 2.05) is 0 Å². The molecule has 2 aliphatic heterocycles. The maximum absolute atomic E-state index is 9.33. The van der Waals surface area contributed by atoms with Gasteiger partial charge in [0.1, 0.15) is 0 Å². The van der Waals surface area contributed by atoms with Gasteiger partial charge < -0.3 is 19.5 Å². The molecule has 0 aromatic carbocycles. The second-order valence-electron chi connectivity index (χ2n) is 4.06. The van der Waals surface area contributed by atoms with E-state index in [0.717, 1.165) is 52.1 Å². The number of aliphatic hydroxyl groups excluding tert-OH is 1. The third kappa shape index (κ3) is 2.92. The first-order valence-corrected chi connectivity index (χ1v) is 5.48. The topological polar surface area (TPSA) is 41.9 Å². The molecule has 0 aromatic rings. The Labute approximate surface area is 84.8 Å². The minimum Gasteiger partial charge on any atom is -0.392 e. The molecule has 0 radical (unpaired) electrons. The molecule has 0 aliphatic carbocycles. The molecule has 0 aromatic heterocycles. The molecular formula is C10H19NO3. The number of hydrogen-bond acceptors (Lipinski definition) is 4. The largest absolute Gasteiger partial charge is 0.392 e. The second-order valence-corrected chi connectivity index (χ2v) is 4.06. The molecule has 2 heterocycles. The van der Waals surface area contributed by atoms with Gasteiger partial charge in [-0.15, -0.1) is 0 Å². The summed E-state index contributed by atoms with van der Waals surface area (Å²) in [7, 11) is 0. The van der Waals surface area contributed by atoms with E-state index in [0.29, 0.717) is 0 Å². The molecular weight excluding hydrogens is 182 g/mol. The highest BCUT2D eigenvalue weighted by Crippen LogP contribution is 2.13. The maximum atomic E-state index is 9.33. The van der Waals surface area contributed by atoms with E-state index in [4.69, 9.17) is 9.47 Å². The van der Waals surface area contributed by atoms with E-state index < -0.39 is 0 Å². The summed E-state index contributed by atoms with van der Waals surface area (Å²) in [5, 5.41) is 9.33. The first-order valence-electron chi connectivity index (χ1n) is 5.48. The highest BCUT2D eigenvalue weighted by atomic mass is 16.7. The van der Waals surface area contributed by atoms with Crippen molar-refractivity contribution in [2.45, 2.75) is 31.7 Å². The average Bonchev–Trinajstić information content (AvgIpc) is 2.63. The van der Waals surface area contributed by atoms with E-state index in [2.05, 4.69) is 4.90 Å². The molecule has 1 atom stereocenters. The van der Waals surface area contributed by atoms with E-state index >= 15 is 0 Å². The standard InChI is InChI=1S/C10H19NO3/c12-9-2-4-11(8-9)5-3-10-13-6-1-7-14-10/h9-10,12H,1-8H2. The summed E-state index contributed by atoms with van der Waals surface area (Å²) < 4.78 is 10.9. The Hall–Kier alpha value is -0.160. The summed E-state index contributed by atoms with van der Waals surface area (Å²) in [6, 6.07) is 0. The number of rotatable bonds is 3. The van der Waals surface area contributed by atoms with Gasteiger partial charge in [-0.25, -0.2) is 0 Å². The van der Waals surface area contributed by atoms with Crippen LogP contribution < -0.4 is 0 Å². The lowest BCUT2D eigenvalue weighted by atomic mass is 10.3. The monoisotopic (exact) mass is 201 g/mol. The van der Waals surface area contributed by atoms with Crippen LogP contribution in [0.15, 0.2) is 0 Å². The molecule has 0 amide bonds. The summed E-state index contributed by atoms with van der Waals surface area (Å²) in [6.07, 6.45) is 2.71. The lowest BCUT2D eigenvalue weighted by Crippen LogP contribution is -2.31. The Morgan fingerprint density at radius 2 is 2.07 bits per heavy atom. The van der Waals surface area contributed by atoms with Crippen LogP contribution in [0.3, 0.4) is 0 Å². The van der Waals surface area contributed by atoms with Crippen LogP contribution in [0.2, 0.25) is 0 Å².